The largest absolute Gasteiger partial charge is 0.487 e. The number of aliphatic hydroxyl groups excluding tert-OH is 1. The molecule has 1 rings (SSSR count). The van der Waals surface area contributed by atoms with E-state index in [0.29, 0.717) is 6.42 Å². The fraction of sp³-hybridized carbons (Fsp3) is 0.538. The topological polar surface area (TPSA) is 29.5 Å². The summed E-state index contributed by atoms with van der Waals surface area (Å²) >= 11 is 0. The van der Waals surface area contributed by atoms with Crippen molar-refractivity contribution in [1.82, 2.24) is 0 Å². The SMILES string of the molecule is CCCCc1c(F)ccc(F)c1OCC(C)O. The van der Waals surface area contributed by atoms with Crippen LogP contribution >= 0.6 is 0 Å². The Morgan fingerprint density at radius 1 is 1.29 bits per heavy atom. The summed E-state index contributed by atoms with van der Waals surface area (Å²) in [6, 6.07) is 2.15. The van der Waals surface area contributed by atoms with Crippen molar-refractivity contribution in [1.29, 1.82) is 0 Å². The molecule has 0 aromatic heterocycles. The van der Waals surface area contributed by atoms with Crippen LogP contribution in [-0.2, 0) is 6.42 Å². The van der Waals surface area contributed by atoms with Crippen molar-refractivity contribution < 1.29 is 18.6 Å². The van der Waals surface area contributed by atoms with Gasteiger partial charge in [-0.05, 0) is 31.9 Å². The summed E-state index contributed by atoms with van der Waals surface area (Å²) in [7, 11) is 0. The van der Waals surface area contributed by atoms with Crippen LogP contribution in [0, 0.1) is 11.6 Å². The van der Waals surface area contributed by atoms with Crippen molar-refractivity contribution in [2.24, 2.45) is 0 Å². The molecule has 1 unspecified atom stereocenters. The Bertz CT molecular complexity index is 365. The molecule has 1 aromatic rings. The lowest BCUT2D eigenvalue weighted by Gasteiger charge is -2.14. The van der Waals surface area contributed by atoms with Crippen molar-refractivity contribution in [2.45, 2.75) is 39.2 Å². The highest BCUT2D eigenvalue weighted by molar-refractivity contribution is 5.36. The van der Waals surface area contributed by atoms with Crippen LogP contribution in [0.4, 0.5) is 8.78 Å². The standard InChI is InChI=1S/C13H18F2O2/c1-3-4-5-10-11(14)6-7-12(15)13(10)17-8-9(2)16/h6-7,9,16H,3-5,8H2,1-2H3. The van der Waals surface area contributed by atoms with E-state index in [9.17, 15) is 8.78 Å². The average Bonchev–Trinajstić information content (AvgIpc) is 2.28. The Hall–Kier alpha value is -1.16. The molecule has 0 saturated heterocycles. The summed E-state index contributed by atoms with van der Waals surface area (Å²) in [5, 5.41) is 9.10. The average molecular weight is 244 g/mol. The molecule has 17 heavy (non-hydrogen) atoms. The minimum Gasteiger partial charge on any atom is -0.487 e. The third kappa shape index (κ3) is 3.97. The molecule has 0 heterocycles. The van der Waals surface area contributed by atoms with Gasteiger partial charge in [0.05, 0.1) is 6.10 Å². The van der Waals surface area contributed by atoms with Crippen molar-refractivity contribution in [2.75, 3.05) is 6.61 Å². The Labute approximate surface area is 100 Å². The van der Waals surface area contributed by atoms with Gasteiger partial charge in [-0.25, -0.2) is 8.78 Å². The van der Waals surface area contributed by atoms with E-state index >= 15 is 0 Å². The number of ether oxygens (including phenoxy) is 1. The molecule has 96 valence electrons. The first-order valence-electron chi connectivity index (χ1n) is 5.84. The number of aliphatic hydroxyl groups is 1. The van der Waals surface area contributed by atoms with E-state index in [1.807, 2.05) is 6.92 Å². The van der Waals surface area contributed by atoms with Crippen LogP contribution in [0.3, 0.4) is 0 Å². The molecule has 2 nitrogen and oxygen atoms in total. The van der Waals surface area contributed by atoms with Gasteiger partial charge in [-0.2, -0.15) is 0 Å². The van der Waals surface area contributed by atoms with Gasteiger partial charge in [0.25, 0.3) is 0 Å². The molecule has 1 atom stereocenters. The first-order valence-corrected chi connectivity index (χ1v) is 5.84. The summed E-state index contributed by atoms with van der Waals surface area (Å²) in [5.74, 6) is -1.11. The summed E-state index contributed by atoms with van der Waals surface area (Å²) in [4.78, 5) is 0. The van der Waals surface area contributed by atoms with Gasteiger partial charge in [0.1, 0.15) is 12.4 Å². The second kappa shape index (κ2) is 6.55. The monoisotopic (exact) mass is 244 g/mol. The second-order valence-corrected chi connectivity index (χ2v) is 4.10. The minimum absolute atomic E-state index is 0.0422. The predicted octanol–water partition coefficient (Wildman–Crippen LogP) is 3.07. The van der Waals surface area contributed by atoms with E-state index < -0.39 is 17.7 Å². The van der Waals surface area contributed by atoms with Crippen LogP contribution in [0.2, 0.25) is 0 Å². The van der Waals surface area contributed by atoms with Crippen molar-refractivity contribution in [3.05, 3.63) is 29.3 Å². The molecule has 0 radical (unpaired) electrons. The Morgan fingerprint density at radius 3 is 2.53 bits per heavy atom. The fourth-order valence-corrected chi connectivity index (χ4v) is 1.52. The number of benzene rings is 1. The zero-order valence-electron chi connectivity index (χ0n) is 10.2. The molecule has 1 aromatic carbocycles. The van der Waals surface area contributed by atoms with Crippen LogP contribution < -0.4 is 4.74 Å². The summed E-state index contributed by atoms with van der Waals surface area (Å²) in [6.07, 6.45) is 1.39. The highest BCUT2D eigenvalue weighted by Gasteiger charge is 2.15. The summed E-state index contributed by atoms with van der Waals surface area (Å²) < 4.78 is 32.2. The van der Waals surface area contributed by atoms with E-state index in [-0.39, 0.29) is 17.9 Å². The number of rotatable bonds is 6. The lowest BCUT2D eigenvalue weighted by Crippen LogP contribution is -2.15. The molecule has 0 aliphatic carbocycles. The molecular formula is C13H18F2O2. The number of halogens is 2. The Kier molecular flexibility index (Phi) is 5.35. The second-order valence-electron chi connectivity index (χ2n) is 4.10. The summed E-state index contributed by atoms with van der Waals surface area (Å²) in [6.45, 7) is 3.47. The van der Waals surface area contributed by atoms with E-state index in [1.54, 1.807) is 0 Å². The van der Waals surface area contributed by atoms with Gasteiger partial charge in [-0.3, -0.25) is 0 Å². The van der Waals surface area contributed by atoms with Crippen LogP contribution in [0.5, 0.6) is 5.75 Å². The molecule has 0 bridgehead atoms. The minimum atomic E-state index is -0.711. The third-order valence-corrected chi connectivity index (χ3v) is 2.40. The smallest absolute Gasteiger partial charge is 0.165 e. The van der Waals surface area contributed by atoms with Crippen molar-refractivity contribution in [3.63, 3.8) is 0 Å². The van der Waals surface area contributed by atoms with Crippen LogP contribution in [-0.4, -0.2) is 17.8 Å². The summed E-state index contributed by atoms with van der Waals surface area (Å²) in [5.41, 5.74) is 0.257. The maximum Gasteiger partial charge on any atom is 0.165 e. The molecule has 0 aliphatic heterocycles. The first kappa shape index (κ1) is 13.9. The Morgan fingerprint density at radius 2 is 1.94 bits per heavy atom. The molecule has 0 spiro atoms. The molecule has 0 fully saturated rings. The third-order valence-electron chi connectivity index (χ3n) is 2.40. The molecule has 4 heteroatoms. The number of hydrogen-bond acceptors (Lipinski definition) is 2. The first-order chi connectivity index (χ1) is 8.06. The van der Waals surface area contributed by atoms with Crippen LogP contribution in [0.25, 0.3) is 0 Å². The zero-order valence-corrected chi connectivity index (χ0v) is 10.2. The fourth-order valence-electron chi connectivity index (χ4n) is 1.52. The number of unbranched alkanes of at least 4 members (excludes halogenated alkanes) is 1. The predicted molar refractivity (Wildman–Crippen MR) is 62.1 cm³/mol. The van der Waals surface area contributed by atoms with Gasteiger partial charge in [-0.1, -0.05) is 13.3 Å². The van der Waals surface area contributed by atoms with Gasteiger partial charge >= 0.3 is 0 Å². The zero-order chi connectivity index (χ0) is 12.8. The quantitative estimate of drug-likeness (QED) is 0.833. The maximum atomic E-state index is 13.6. The van der Waals surface area contributed by atoms with Crippen molar-refractivity contribution in [3.8, 4) is 5.75 Å². The van der Waals surface area contributed by atoms with Gasteiger partial charge in [0.15, 0.2) is 11.6 Å². The normalized spacial score (nSPS) is 12.5. The van der Waals surface area contributed by atoms with Crippen LogP contribution in [0.15, 0.2) is 12.1 Å². The van der Waals surface area contributed by atoms with Gasteiger partial charge < -0.3 is 9.84 Å². The highest BCUT2D eigenvalue weighted by atomic mass is 19.1. The molecular weight excluding hydrogens is 226 g/mol. The lowest BCUT2D eigenvalue weighted by atomic mass is 10.1. The van der Waals surface area contributed by atoms with Crippen molar-refractivity contribution >= 4 is 0 Å². The van der Waals surface area contributed by atoms with E-state index in [0.717, 1.165) is 25.0 Å². The molecule has 1 N–H and O–H groups in total. The van der Waals surface area contributed by atoms with E-state index in [1.165, 1.54) is 6.92 Å². The van der Waals surface area contributed by atoms with E-state index in [4.69, 9.17) is 9.84 Å². The number of hydrogen-bond donors (Lipinski definition) is 1. The Balaban J connectivity index is 2.93. The van der Waals surface area contributed by atoms with Gasteiger partial charge in [0.2, 0.25) is 0 Å². The van der Waals surface area contributed by atoms with Gasteiger partial charge in [0, 0.05) is 5.56 Å². The molecule has 0 aliphatic rings. The lowest BCUT2D eigenvalue weighted by molar-refractivity contribution is 0.119. The van der Waals surface area contributed by atoms with Gasteiger partial charge in [-0.15, -0.1) is 0 Å². The van der Waals surface area contributed by atoms with E-state index in [2.05, 4.69) is 0 Å². The molecule has 0 saturated carbocycles. The highest BCUT2D eigenvalue weighted by Crippen LogP contribution is 2.27. The van der Waals surface area contributed by atoms with Crippen LogP contribution in [0.1, 0.15) is 32.3 Å². The maximum absolute atomic E-state index is 13.6. The molecule has 0 amide bonds.